The average Bonchev–Trinajstić information content (AvgIpc) is 3.20. The molecule has 0 atom stereocenters. The van der Waals surface area contributed by atoms with Crippen molar-refractivity contribution in [3.63, 3.8) is 0 Å². The van der Waals surface area contributed by atoms with E-state index in [9.17, 15) is 18.9 Å². The fraction of sp³-hybridized carbons (Fsp3) is 1.00. The predicted octanol–water partition coefficient (Wildman–Crippen LogP) is 10.7. The van der Waals surface area contributed by atoms with Crippen LogP contribution in [0.2, 0.25) is 0 Å². The molecular weight excluding hydrogens is 812 g/mol. The zero-order chi connectivity index (χ0) is 42.9. The topological polar surface area (TPSA) is 117 Å². The SMILES string of the molecule is CCCCCCCCCCCCOP(=O)([O-])OCCCCCCCCCCCC.CCCCCCCCCCCCOP(=O)([O-])OCCCCCCCCCCCC.[Na+].[Na+]. The van der Waals surface area contributed by atoms with Gasteiger partial charge in [-0.15, -0.1) is 0 Å². The number of unbranched alkanes of at least 4 members (excludes halogenated alkanes) is 36. The summed E-state index contributed by atoms with van der Waals surface area (Å²) in [5.74, 6) is 0. The summed E-state index contributed by atoms with van der Waals surface area (Å²) in [6, 6.07) is 0. The smallest absolute Gasteiger partial charge is 0.756 e. The van der Waals surface area contributed by atoms with Crippen LogP contribution in [0.25, 0.3) is 0 Å². The zero-order valence-electron chi connectivity index (χ0n) is 41.3. The molecule has 0 aliphatic rings. The Balaban J connectivity index is -0.000000506. The Labute approximate surface area is 419 Å². The Morgan fingerprint density at radius 1 is 0.250 bits per heavy atom. The van der Waals surface area contributed by atoms with E-state index in [4.69, 9.17) is 18.1 Å². The van der Waals surface area contributed by atoms with Gasteiger partial charge in [0.05, 0.1) is 26.4 Å². The molecule has 0 aromatic rings. The van der Waals surface area contributed by atoms with Gasteiger partial charge in [-0.3, -0.25) is 9.13 Å². The molecular formula is C48H100Na2O8P2. The second-order valence-electron chi connectivity index (χ2n) is 17.0. The summed E-state index contributed by atoms with van der Waals surface area (Å²) < 4.78 is 43.4. The maximum atomic E-state index is 11.7. The molecule has 0 unspecified atom stereocenters. The van der Waals surface area contributed by atoms with Crippen LogP contribution in [0.5, 0.6) is 0 Å². The Bertz CT molecular complexity index is 746. The maximum absolute atomic E-state index is 11.7. The van der Waals surface area contributed by atoms with Gasteiger partial charge >= 0.3 is 59.1 Å². The summed E-state index contributed by atoms with van der Waals surface area (Å²) in [6.45, 7) is 10.0. The number of hydrogen-bond acceptors (Lipinski definition) is 8. The fourth-order valence-electron chi connectivity index (χ4n) is 7.14. The second-order valence-corrected chi connectivity index (χ2v) is 19.8. The van der Waals surface area contributed by atoms with Crippen molar-refractivity contribution in [2.24, 2.45) is 0 Å². The van der Waals surface area contributed by atoms with Crippen molar-refractivity contribution in [1.29, 1.82) is 0 Å². The number of phosphoric ester groups is 2. The summed E-state index contributed by atoms with van der Waals surface area (Å²) in [4.78, 5) is 23.5. The van der Waals surface area contributed by atoms with E-state index in [1.54, 1.807) is 0 Å². The van der Waals surface area contributed by atoms with Crippen molar-refractivity contribution in [3.8, 4) is 0 Å². The third kappa shape index (κ3) is 62.3. The van der Waals surface area contributed by atoms with E-state index in [1.807, 2.05) is 0 Å². The third-order valence-electron chi connectivity index (χ3n) is 11.0. The molecule has 8 nitrogen and oxygen atoms in total. The molecule has 0 aromatic heterocycles. The molecule has 0 amide bonds. The van der Waals surface area contributed by atoms with Gasteiger partial charge in [0.15, 0.2) is 0 Å². The summed E-state index contributed by atoms with van der Waals surface area (Å²) in [6.07, 6.45) is 49.0. The Morgan fingerprint density at radius 2 is 0.367 bits per heavy atom. The minimum atomic E-state index is -4.10. The van der Waals surface area contributed by atoms with Gasteiger partial charge in [-0.1, -0.05) is 259 Å². The second kappa shape index (κ2) is 57.3. The molecule has 352 valence electrons. The van der Waals surface area contributed by atoms with Crippen LogP contribution in [-0.4, -0.2) is 26.4 Å². The van der Waals surface area contributed by atoms with Crippen LogP contribution in [0.1, 0.15) is 285 Å². The van der Waals surface area contributed by atoms with E-state index < -0.39 is 15.6 Å². The van der Waals surface area contributed by atoms with Crippen molar-refractivity contribution < 1.29 is 96.1 Å². The van der Waals surface area contributed by atoms with Gasteiger partial charge < -0.3 is 27.9 Å². The molecule has 0 bridgehead atoms. The molecule has 0 aliphatic heterocycles. The molecule has 0 saturated heterocycles. The zero-order valence-corrected chi connectivity index (χ0v) is 47.1. The van der Waals surface area contributed by atoms with Crippen LogP contribution in [0.4, 0.5) is 0 Å². The Hall–Kier alpha value is 2.22. The van der Waals surface area contributed by atoms with Crippen molar-refractivity contribution in [2.45, 2.75) is 285 Å². The van der Waals surface area contributed by atoms with Gasteiger partial charge in [0.1, 0.15) is 0 Å². The van der Waals surface area contributed by atoms with Gasteiger partial charge in [-0.2, -0.15) is 0 Å². The Kier molecular flexibility index (Phi) is 65.8. The van der Waals surface area contributed by atoms with Crippen molar-refractivity contribution >= 4 is 15.6 Å². The quantitative estimate of drug-likeness (QED) is 0.0337. The standard InChI is InChI=1S/2C24H51O4P.2Na/c2*1-3-5-7-9-11-13-15-17-19-21-23-27-29(25,26)28-24-22-20-18-16-14-12-10-8-6-4-2;;/h2*3-24H2,1-2H3,(H,25,26);;/q;;2*+1/p-2. The van der Waals surface area contributed by atoms with E-state index in [2.05, 4.69) is 27.7 Å². The van der Waals surface area contributed by atoms with Crippen LogP contribution in [-0.2, 0) is 27.2 Å². The van der Waals surface area contributed by atoms with Crippen LogP contribution in [0.3, 0.4) is 0 Å². The predicted molar refractivity (Wildman–Crippen MR) is 246 cm³/mol. The number of rotatable bonds is 48. The van der Waals surface area contributed by atoms with E-state index in [-0.39, 0.29) is 85.5 Å². The minimum Gasteiger partial charge on any atom is -0.756 e. The molecule has 0 aromatic carbocycles. The van der Waals surface area contributed by atoms with Crippen molar-refractivity contribution in [2.75, 3.05) is 26.4 Å². The van der Waals surface area contributed by atoms with E-state index in [0.717, 1.165) is 51.4 Å². The molecule has 0 aliphatic carbocycles. The fourth-order valence-corrected chi connectivity index (χ4v) is 8.70. The number of hydrogen-bond donors (Lipinski definition) is 0. The monoisotopic (exact) mass is 913 g/mol. The minimum absolute atomic E-state index is 0. The van der Waals surface area contributed by atoms with Crippen LogP contribution >= 0.6 is 15.6 Å². The Morgan fingerprint density at radius 3 is 0.500 bits per heavy atom. The molecule has 0 radical (unpaired) electrons. The first-order valence-electron chi connectivity index (χ1n) is 25.4. The van der Waals surface area contributed by atoms with Gasteiger partial charge in [0, 0.05) is 0 Å². The van der Waals surface area contributed by atoms with Crippen LogP contribution in [0.15, 0.2) is 0 Å². The van der Waals surface area contributed by atoms with Gasteiger partial charge in [-0.25, -0.2) is 0 Å². The molecule has 0 N–H and O–H groups in total. The first-order valence-corrected chi connectivity index (χ1v) is 28.4. The largest absolute Gasteiger partial charge is 1.00 e. The van der Waals surface area contributed by atoms with Gasteiger partial charge in [-0.05, 0) is 25.7 Å². The third-order valence-corrected chi connectivity index (χ3v) is 13.0. The molecule has 0 rings (SSSR count). The normalized spacial score (nSPS) is 11.6. The molecule has 0 saturated carbocycles. The molecule has 0 spiro atoms. The summed E-state index contributed by atoms with van der Waals surface area (Å²) in [7, 11) is -8.19. The summed E-state index contributed by atoms with van der Waals surface area (Å²) in [5, 5.41) is 0. The average molecular weight is 913 g/mol. The van der Waals surface area contributed by atoms with Crippen LogP contribution < -0.4 is 68.9 Å². The van der Waals surface area contributed by atoms with Gasteiger partial charge in [0.25, 0.3) is 15.6 Å². The summed E-state index contributed by atoms with van der Waals surface area (Å²) >= 11 is 0. The first kappa shape index (κ1) is 68.8. The molecule has 12 heteroatoms. The van der Waals surface area contributed by atoms with E-state index in [1.165, 1.54) is 205 Å². The molecule has 60 heavy (non-hydrogen) atoms. The first-order chi connectivity index (χ1) is 28.2. The van der Waals surface area contributed by atoms with Crippen molar-refractivity contribution in [1.82, 2.24) is 0 Å². The molecule has 0 heterocycles. The van der Waals surface area contributed by atoms with E-state index in [0.29, 0.717) is 0 Å². The molecule has 0 fully saturated rings. The number of phosphoric acid groups is 2. The summed E-state index contributed by atoms with van der Waals surface area (Å²) in [5.41, 5.74) is 0. The van der Waals surface area contributed by atoms with Gasteiger partial charge in [0.2, 0.25) is 0 Å². The van der Waals surface area contributed by atoms with Crippen LogP contribution in [0, 0.1) is 0 Å². The van der Waals surface area contributed by atoms with Crippen molar-refractivity contribution in [3.05, 3.63) is 0 Å². The maximum Gasteiger partial charge on any atom is 1.00 e. The van der Waals surface area contributed by atoms with E-state index >= 15 is 0 Å².